The molecular weight excluding hydrogens is 287 g/mol. The fourth-order valence-electron chi connectivity index (χ4n) is 0.907. The van der Waals surface area contributed by atoms with Crippen LogP contribution in [-0.2, 0) is 9.84 Å². The van der Waals surface area contributed by atoms with Crippen molar-refractivity contribution >= 4 is 32.4 Å². The third-order valence-corrected chi connectivity index (χ3v) is 4.49. The minimum absolute atomic E-state index is 0.420. The zero-order valence-electron chi connectivity index (χ0n) is 6.83. The van der Waals surface area contributed by atoms with Gasteiger partial charge < -0.3 is 0 Å². The Morgan fingerprint density at radius 1 is 1.33 bits per heavy atom. The van der Waals surface area contributed by atoms with Crippen LogP contribution in [-0.4, -0.2) is 14.7 Å². The highest BCUT2D eigenvalue weighted by atomic mass is 127. The maximum absolute atomic E-state index is 11.2. The van der Waals surface area contributed by atoms with Crippen molar-refractivity contribution in [2.75, 3.05) is 6.26 Å². The van der Waals surface area contributed by atoms with Gasteiger partial charge in [-0.05, 0) is 41.1 Å². The summed E-state index contributed by atoms with van der Waals surface area (Å²) in [6, 6.07) is 5.29. The first kappa shape index (κ1) is 9.98. The SMILES string of the molecule is Cc1cccc(S(C)(=O)=O)c1I. The molecule has 0 saturated carbocycles. The highest BCUT2D eigenvalue weighted by Gasteiger charge is 2.11. The Balaban J connectivity index is 3.47. The van der Waals surface area contributed by atoms with Gasteiger partial charge in [-0.25, -0.2) is 8.42 Å². The van der Waals surface area contributed by atoms with Gasteiger partial charge in [0.25, 0.3) is 0 Å². The van der Waals surface area contributed by atoms with Crippen LogP contribution in [0.25, 0.3) is 0 Å². The second-order valence-corrected chi connectivity index (χ2v) is 5.72. The van der Waals surface area contributed by atoms with Crippen LogP contribution in [0.15, 0.2) is 23.1 Å². The topological polar surface area (TPSA) is 34.1 Å². The van der Waals surface area contributed by atoms with Gasteiger partial charge in [-0.15, -0.1) is 0 Å². The molecule has 0 aliphatic carbocycles. The Hall–Kier alpha value is -0.100. The van der Waals surface area contributed by atoms with E-state index >= 15 is 0 Å². The molecule has 0 N–H and O–H groups in total. The first-order valence-corrected chi connectivity index (χ1v) is 6.35. The van der Waals surface area contributed by atoms with Crippen molar-refractivity contribution < 1.29 is 8.42 Å². The summed E-state index contributed by atoms with van der Waals surface area (Å²) in [6.45, 7) is 1.90. The van der Waals surface area contributed by atoms with Crippen LogP contribution in [0.5, 0.6) is 0 Å². The Labute approximate surface area is 86.0 Å². The Morgan fingerprint density at radius 3 is 2.33 bits per heavy atom. The highest BCUT2D eigenvalue weighted by molar-refractivity contribution is 14.1. The highest BCUT2D eigenvalue weighted by Crippen LogP contribution is 2.20. The van der Waals surface area contributed by atoms with Gasteiger partial charge in [-0.1, -0.05) is 12.1 Å². The molecule has 0 aliphatic heterocycles. The standard InChI is InChI=1S/C8H9IO2S/c1-6-4-3-5-7(8(6)9)12(2,10)11/h3-5H,1-2H3. The first-order valence-electron chi connectivity index (χ1n) is 3.38. The quantitative estimate of drug-likeness (QED) is 0.743. The fraction of sp³-hybridized carbons (Fsp3) is 0.250. The molecule has 0 heterocycles. The van der Waals surface area contributed by atoms with E-state index in [1.165, 1.54) is 6.26 Å². The summed E-state index contributed by atoms with van der Waals surface area (Å²) in [5.41, 5.74) is 0.999. The van der Waals surface area contributed by atoms with Gasteiger partial charge in [0, 0.05) is 9.83 Å². The molecule has 0 aromatic heterocycles. The van der Waals surface area contributed by atoms with E-state index in [2.05, 4.69) is 22.6 Å². The predicted octanol–water partition coefficient (Wildman–Crippen LogP) is 2.00. The fourth-order valence-corrected chi connectivity index (χ4v) is 3.28. The zero-order chi connectivity index (χ0) is 9.35. The number of hydrogen-bond acceptors (Lipinski definition) is 2. The van der Waals surface area contributed by atoms with Crippen molar-refractivity contribution in [2.24, 2.45) is 0 Å². The molecule has 0 amide bonds. The van der Waals surface area contributed by atoms with Crippen molar-refractivity contribution in [2.45, 2.75) is 11.8 Å². The summed E-state index contributed by atoms with van der Waals surface area (Å²) in [5, 5.41) is 0. The van der Waals surface area contributed by atoms with E-state index in [-0.39, 0.29) is 0 Å². The summed E-state index contributed by atoms with van der Waals surface area (Å²) in [5.74, 6) is 0. The minimum Gasteiger partial charge on any atom is -0.224 e. The van der Waals surface area contributed by atoms with Crippen molar-refractivity contribution in [3.8, 4) is 0 Å². The minimum atomic E-state index is -3.06. The van der Waals surface area contributed by atoms with Crippen molar-refractivity contribution in [3.63, 3.8) is 0 Å². The molecule has 0 fully saturated rings. The van der Waals surface area contributed by atoms with Crippen LogP contribution in [0.3, 0.4) is 0 Å². The lowest BCUT2D eigenvalue weighted by Crippen LogP contribution is -2.00. The lowest BCUT2D eigenvalue weighted by atomic mass is 10.2. The molecule has 0 bridgehead atoms. The molecule has 2 nitrogen and oxygen atoms in total. The van der Waals surface area contributed by atoms with Crippen LogP contribution in [0.4, 0.5) is 0 Å². The molecule has 0 unspecified atom stereocenters. The van der Waals surface area contributed by atoms with E-state index in [4.69, 9.17) is 0 Å². The monoisotopic (exact) mass is 296 g/mol. The normalized spacial score (nSPS) is 11.6. The first-order chi connectivity index (χ1) is 5.43. The summed E-state index contributed by atoms with van der Waals surface area (Å²) < 4.78 is 23.2. The van der Waals surface area contributed by atoms with Crippen LogP contribution in [0.1, 0.15) is 5.56 Å². The summed E-state index contributed by atoms with van der Waals surface area (Å²) in [7, 11) is -3.06. The molecule has 1 aromatic rings. The largest absolute Gasteiger partial charge is 0.224 e. The molecule has 0 saturated heterocycles. The van der Waals surface area contributed by atoms with Gasteiger partial charge in [0.05, 0.1) is 4.90 Å². The molecular formula is C8H9IO2S. The Bertz CT molecular complexity index is 396. The van der Waals surface area contributed by atoms with E-state index in [0.29, 0.717) is 4.90 Å². The third-order valence-electron chi connectivity index (χ3n) is 1.56. The lowest BCUT2D eigenvalue weighted by molar-refractivity contribution is 0.601. The van der Waals surface area contributed by atoms with Gasteiger partial charge in [0.15, 0.2) is 9.84 Å². The number of sulfone groups is 1. The zero-order valence-corrected chi connectivity index (χ0v) is 9.81. The van der Waals surface area contributed by atoms with Gasteiger partial charge in [-0.3, -0.25) is 0 Å². The molecule has 1 rings (SSSR count). The van der Waals surface area contributed by atoms with Gasteiger partial charge in [0.2, 0.25) is 0 Å². The predicted molar refractivity (Wildman–Crippen MR) is 57.0 cm³/mol. The van der Waals surface area contributed by atoms with Crippen molar-refractivity contribution in [1.82, 2.24) is 0 Å². The summed E-state index contributed by atoms with van der Waals surface area (Å²) in [4.78, 5) is 0.420. The summed E-state index contributed by atoms with van der Waals surface area (Å²) >= 11 is 2.05. The van der Waals surface area contributed by atoms with E-state index in [0.717, 1.165) is 9.13 Å². The van der Waals surface area contributed by atoms with E-state index in [1.54, 1.807) is 12.1 Å². The lowest BCUT2D eigenvalue weighted by Gasteiger charge is -2.03. The van der Waals surface area contributed by atoms with E-state index < -0.39 is 9.84 Å². The van der Waals surface area contributed by atoms with Crippen molar-refractivity contribution in [1.29, 1.82) is 0 Å². The molecule has 0 spiro atoms. The smallest absolute Gasteiger partial charge is 0.176 e. The average Bonchev–Trinajstić information content (AvgIpc) is 1.92. The average molecular weight is 296 g/mol. The molecule has 0 aliphatic rings. The number of benzene rings is 1. The maximum Gasteiger partial charge on any atom is 0.176 e. The Kier molecular flexibility index (Phi) is 2.77. The van der Waals surface area contributed by atoms with Gasteiger partial charge in [0.1, 0.15) is 0 Å². The van der Waals surface area contributed by atoms with Gasteiger partial charge in [-0.2, -0.15) is 0 Å². The molecule has 1 aromatic carbocycles. The number of halogens is 1. The number of rotatable bonds is 1. The summed E-state index contributed by atoms with van der Waals surface area (Å²) in [6.07, 6.45) is 1.23. The van der Waals surface area contributed by atoms with Crippen molar-refractivity contribution in [3.05, 3.63) is 27.3 Å². The van der Waals surface area contributed by atoms with Crippen LogP contribution < -0.4 is 0 Å². The molecule has 0 atom stereocenters. The van der Waals surface area contributed by atoms with E-state index in [9.17, 15) is 8.42 Å². The maximum atomic E-state index is 11.2. The molecule has 4 heteroatoms. The second-order valence-electron chi connectivity index (χ2n) is 2.66. The molecule has 12 heavy (non-hydrogen) atoms. The number of hydrogen-bond donors (Lipinski definition) is 0. The third kappa shape index (κ3) is 1.98. The van der Waals surface area contributed by atoms with Gasteiger partial charge >= 0.3 is 0 Å². The Morgan fingerprint density at radius 2 is 1.92 bits per heavy atom. The van der Waals surface area contributed by atoms with Crippen LogP contribution in [0.2, 0.25) is 0 Å². The van der Waals surface area contributed by atoms with E-state index in [1.807, 2.05) is 13.0 Å². The van der Waals surface area contributed by atoms with Crippen LogP contribution >= 0.6 is 22.6 Å². The molecule has 66 valence electrons. The van der Waals surface area contributed by atoms with Crippen LogP contribution in [0, 0.1) is 10.5 Å². The number of aryl methyl sites for hydroxylation is 1. The second kappa shape index (κ2) is 3.33. The molecule has 0 radical (unpaired) electrons.